The molecule has 0 aliphatic carbocycles. The summed E-state index contributed by atoms with van der Waals surface area (Å²) in [6.07, 6.45) is 0.204. The van der Waals surface area contributed by atoms with Gasteiger partial charge in [-0.3, -0.25) is 9.59 Å². The van der Waals surface area contributed by atoms with Crippen LogP contribution in [-0.2, 0) is 16.1 Å². The first kappa shape index (κ1) is 21.8. The van der Waals surface area contributed by atoms with Gasteiger partial charge in [0, 0.05) is 54.2 Å². The number of benzene rings is 2. The lowest BCUT2D eigenvalue weighted by Crippen LogP contribution is -2.28. The molecule has 2 aromatic heterocycles. The first-order valence-corrected chi connectivity index (χ1v) is 11.3. The van der Waals surface area contributed by atoms with Crippen LogP contribution in [0.2, 0.25) is 0 Å². The van der Waals surface area contributed by atoms with Crippen molar-refractivity contribution in [1.82, 2.24) is 14.9 Å². The number of nitrogens with one attached hydrogen (secondary N) is 2. The Kier molecular flexibility index (Phi) is 5.79. The molecule has 0 bridgehead atoms. The Labute approximate surface area is 196 Å². The molecule has 0 fully saturated rings. The highest BCUT2D eigenvalue weighted by Gasteiger charge is 2.16. The van der Waals surface area contributed by atoms with E-state index in [2.05, 4.69) is 40.3 Å². The Morgan fingerprint density at radius 3 is 2.68 bits per heavy atom. The van der Waals surface area contributed by atoms with Crippen LogP contribution < -0.4 is 20.1 Å². The minimum atomic E-state index is -0.230. The van der Waals surface area contributed by atoms with Gasteiger partial charge in [-0.25, -0.2) is 4.98 Å². The van der Waals surface area contributed by atoms with E-state index in [1.165, 1.54) is 5.56 Å². The molecular formula is C26H26N4O4. The third-order valence-corrected chi connectivity index (χ3v) is 5.94. The number of hydrogen-bond donors (Lipinski definition) is 2. The van der Waals surface area contributed by atoms with E-state index in [4.69, 9.17) is 14.5 Å². The molecule has 0 unspecified atom stereocenters. The topological polar surface area (TPSA) is 94.5 Å². The smallest absolute Gasteiger partial charge is 0.231 e. The summed E-state index contributed by atoms with van der Waals surface area (Å²) in [7, 11) is 0. The first-order chi connectivity index (χ1) is 16.5. The Hall–Kier alpha value is -4.07. The lowest BCUT2D eigenvalue weighted by atomic mass is 10.1. The average molecular weight is 459 g/mol. The van der Waals surface area contributed by atoms with E-state index in [9.17, 15) is 9.59 Å². The number of para-hydroxylation sites is 1. The molecular weight excluding hydrogens is 432 g/mol. The van der Waals surface area contributed by atoms with Crippen LogP contribution in [0.3, 0.4) is 0 Å². The van der Waals surface area contributed by atoms with Crippen LogP contribution in [-0.4, -0.2) is 34.7 Å². The maximum Gasteiger partial charge on any atom is 0.231 e. The van der Waals surface area contributed by atoms with E-state index >= 15 is 0 Å². The molecule has 174 valence electrons. The van der Waals surface area contributed by atoms with Crippen molar-refractivity contribution in [2.24, 2.45) is 0 Å². The number of ether oxygens (including phenoxy) is 2. The number of aryl methyl sites for hydroxylation is 2. The zero-order valence-corrected chi connectivity index (χ0v) is 19.2. The van der Waals surface area contributed by atoms with E-state index in [0.29, 0.717) is 30.3 Å². The number of nitrogens with zero attached hydrogens (tertiary/aromatic N) is 2. The molecule has 0 radical (unpaired) electrons. The maximum atomic E-state index is 12.4. The van der Waals surface area contributed by atoms with E-state index in [1.807, 2.05) is 19.1 Å². The summed E-state index contributed by atoms with van der Waals surface area (Å²) in [4.78, 5) is 29.4. The lowest BCUT2D eigenvalue weighted by Gasteiger charge is -2.10. The van der Waals surface area contributed by atoms with Gasteiger partial charge in [0.15, 0.2) is 11.5 Å². The zero-order valence-electron chi connectivity index (χ0n) is 19.2. The van der Waals surface area contributed by atoms with Gasteiger partial charge in [0.05, 0.1) is 5.52 Å². The third-order valence-electron chi connectivity index (χ3n) is 5.94. The molecule has 5 rings (SSSR count). The molecule has 0 atom stereocenters. The Morgan fingerprint density at radius 1 is 1.00 bits per heavy atom. The number of anilines is 1. The lowest BCUT2D eigenvalue weighted by molar-refractivity contribution is -0.124. The van der Waals surface area contributed by atoms with Crippen molar-refractivity contribution < 1.29 is 19.1 Å². The summed E-state index contributed by atoms with van der Waals surface area (Å²) in [5.74, 6) is 0.857. The molecule has 2 aromatic carbocycles. The van der Waals surface area contributed by atoms with Crippen molar-refractivity contribution in [2.45, 2.75) is 33.2 Å². The first-order valence-electron chi connectivity index (χ1n) is 11.3. The fourth-order valence-electron chi connectivity index (χ4n) is 4.43. The number of fused-ring (bicyclic) bond motifs is 4. The van der Waals surface area contributed by atoms with Crippen LogP contribution in [0.4, 0.5) is 5.69 Å². The zero-order chi connectivity index (χ0) is 23.7. The summed E-state index contributed by atoms with van der Waals surface area (Å²) < 4.78 is 12.7. The van der Waals surface area contributed by atoms with Crippen molar-refractivity contribution in [3.05, 3.63) is 59.8 Å². The van der Waals surface area contributed by atoms with Crippen molar-refractivity contribution in [3.63, 3.8) is 0 Å². The van der Waals surface area contributed by atoms with Crippen LogP contribution >= 0.6 is 0 Å². The van der Waals surface area contributed by atoms with Gasteiger partial charge in [0.25, 0.3) is 0 Å². The molecule has 8 heteroatoms. The summed E-state index contributed by atoms with van der Waals surface area (Å²) >= 11 is 0. The van der Waals surface area contributed by atoms with Crippen molar-refractivity contribution >= 4 is 39.4 Å². The molecule has 0 saturated carbocycles. The second-order valence-electron chi connectivity index (χ2n) is 8.41. The third kappa shape index (κ3) is 4.26. The van der Waals surface area contributed by atoms with E-state index in [0.717, 1.165) is 27.6 Å². The van der Waals surface area contributed by atoms with Crippen LogP contribution in [0.1, 0.15) is 24.1 Å². The number of hydrogen-bond acceptors (Lipinski definition) is 5. The monoisotopic (exact) mass is 458 g/mol. The molecule has 1 aliphatic rings. The van der Waals surface area contributed by atoms with Crippen LogP contribution in [0, 0.1) is 13.8 Å². The number of carbonyl (C=O) groups is 2. The summed E-state index contributed by atoms with van der Waals surface area (Å²) in [5.41, 5.74) is 4.78. The van der Waals surface area contributed by atoms with Crippen LogP contribution in [0.5, 0.6) is 11.5 Å². The number of amides is 2. The highest BCUT2D eigenvalue weighted by Crippen LogP contribution is 2.34. The Balaban J connectivity index is 1.17. The molecule has 0 spiro atoms. The molecule has 1 aliphatic heterocycles. The van der Waals surface area contributed by atoms with Crippen molar-refractivity contribution in [2.75, 3.05) is 18.7 Å². The highest BCUT2D eigenvalue weighted by molar-refractivity contribution is 6.08. The van der Waals surface area contributed by atoms with Gasteiger partial charge >= 0.3 is 0 Å². The molecule has 3 heterocycles. The van der Waals surface area contributed by atoms with Gasteiger partial charge in [0.2, 0.25) is 18.6 Å². The van der Waals surface area contributed by atoms with E-state index < -0.39 is 0 Å². The van der Waals surface area contributed by atoms with Gasteiger partial charge in [-0.1, -0.05) is 18.2 Å². The largest absolute Gasteiger partial charge is 0.454 e. The van der Waals surface area contributed by atoms with Gasteiger partial charge in [0.1, 0.15) is 5.65 Å². The Morgan fingerprint density at radius 2 is 1.79 bits per heavy atom. The average Bonchev–Trinajstić information content (AvgIpc) is 3.40. The van der Waals surface area contributed by atoms with Crippen LogP contribution in [0.15, 0.2) is 48.5 Å². The summed E-state index contributed by atoms with van der Waals surface area (Å²) in [6.45, 7) is 5.31. The molecule has 8 nitrogen and oxygen atoms in total. The van der Waals surface area contributed by atoms with Gasteiger partial charge in [-0.2, -0.15) is 0 Å². The summed E-state index contributed by atoms with van der Waals surface area (Å²) in [5, 5.41) is 8.03. The minimum absolute atomic E-state index is 0.0929. The molecule has 4 aromatic rings. The maximum absolute atomic E-state index is 12.4. The molecule has 34 heavy (non-hydrogen) atoms. The molecule has 0 saturated heterocycles. The second-order valence-corrected chi connectivity index (χ2v) is 8.41. The Bertz CT molecular complexity index is 1410. The standard InChI is InChI=1S/C26H26N4O4/c1-16-13-17(2)28-26-25(16)19-5-3-4-6-20(19)30(26)12-11-27-23(31)9-10-24(32)29-18-7-8-21-22(14-18)34-15-33-21/h3-8,13-14H,9-12,15H2,1-2H3,(H,27,31)(H,29,32). The fourth-order valence-corrected chi connectivity index (χ4v) is 4.43. The normalized spacial score (nSPS) is 12.3. The summed E-state index contributed by atoms with van der Waals surface area (Å²) in [6, 6.07) is 15.5. The van der Waals surface area contributed by atoms with E-state index in [-0.39, 0.29) is 31.4 Å². The van der Waals surface area contributed by atoms with Gasteiger partial charge < -0.3 is 24.7 Å². The van der Waals surface area contributed by atoms with Gasteiger partial charge in [-0.05, 0) is 43.7 Å². The number of pyridine rings is 1. The quantitative estimate of drug-likeness (QED) is 0.435. The highest BCUT2D eigenvalue weighted by atomic mass is 16.7. The van der Waals surface area contributed by atoms with Crippen molar-refractivity contribution in [1.29, 1.82) is 0 Å². The fraction of sp³-hybridized carbons (Fsp3) is 0.269. The predicted octanol–water partition coefficient (Wildman–Crippen LogP) is 4.07. The SMILES string of the molecule is Cc1cc(C)c2c3ccccc3n(CCNC(=O)CCC(=O)Nc3ccc4c(c3)OCO4)c2n1. The molecule has 2 N–H and O–H groups in total. The minimum Gasteiger partial charge on any atom is -0.454 e. The number of carbonyl (C=O) groups excluding carboxylic acids is 2. The van der Waals surface area contributed by atoms with E-state index in [1.54, 1.807) is 18.2 Å². The van der Waals surface area contributed by atoms with Crippen LogP contribution in [0.25, 0.3) is 21.9 Å². The number of aromatic nitrogens is 2. The second kappa shape index (κ2) is 9.05. The molecule has 2 amide bonds. The predicted molar refractivity (Wildman–Crippen MR) is 130 cm³/mol. The number of rotatable bonds is 7. The van der Waals surface area contributed by atoms with Gasteiger partial charge in [-0.15, -0.1) is 0 Å². The van der Waals surface area contributed by atoms with Crippen molar-refractivity contribution in [3.8, 4) is 11.5 Å².